The Labute approximate surface area is 359 Å². The molecule has 1 aliphatic carbocycles. The van der Waals surface area contributed by atoms with E-state index in [1.807, 2.05) is 6.92 Å². The number of thiocarbonyl (C=S) groups is 1. The lowest BCUT2D eigenvalue weighted by molar-refractivity contribution is -0.138. The molecule has 2 unspecified atom stereocenters. The fourth-order valence-corrected chi connectivity index (χ4v) is 9.01. The highest BCUT2D eigenvalue weighted by Crippen LogP contribution is 2.49. The van der Waals surface area contributed by atoms with Crippen LogP contribution < -0.4 is 30.5 Å². The minimum absolute atomic E-state index is 0.00826. The molecule has 3 heterocycles. The lowest BCUT2D eigenvalue weighted by atomic mass is 9.75. The summed E-state index contributed by atoms with van der Waals surface area (Å²) in [6.45, 7) is 4.26. The standard InChI is InChI=1S/C42H43ClF4N8O5S/c1-25-23-52(13-14-53(25)24-37(57)50-30-19-28(43)18-29(20-30)49-34-6-8-36(56)51-38(34)58)15-16-60-35-7-5-32(17-26(35)9-12-44)55-40(61)54(39(59)41(55)10-2-11-41)31-4-3-27(22-48)33(21-31)42(45,46)47/h3-5,7,17-21,25,34,49H,2,6,8-16,23-24H2,1H3,(H,50,57)(H,51,56,58). The summed E-state index contributed by atoms with van der Waals surface area (Å²) < 4.78 is 61.7. The predicted octanol–water partition coefficient (Wildman–Crippen LogP) is 6.04. The molecule has 1 spiro atoms. The highest BCUT2D eigenvalue weighted by atomic mass is 35.5. The first kappa shape index (κ1) is 43.7. The fraction of sp³-hybridized carbons (Fsp3) is 0.429. The number of imide groups is 1. The van der Waals surface area contributed by atoms with Crippen LogP contribution in [0.2, 0.25) is 5.02 Å². The van der Waals surface area contributed by atoms with E-state index in [1.54, 1.807) is 47.4 Å². The van der Waals surface area contributed by atoms with Crippen LogP contribution in [0.3, 0.4) is 0 Å². The van der Waals surface area contributed by atoms with Crippen LogP contribution in [0.15, 0.2) is 54.6 Å². The summed E-state index contributed by atoms with van der Waals surface area (Å²) >= 11 is 12.1. The zero-order chi connectivity index (χ0) is 43.6. The topological polar surface area (TPSA) is 150 Å². The average Bonchev–Trinajstić information content (AvgIpc) is 3.43. The summed E-state index contributed by atoms with van der Waals surface area (Å²) in [7, 11) is 0. The van der Waals surface area contributed by atoms with Crippen molar-refractivity contribution in [2.75, 3.05) is 66.4 Å². The molecule has 4 amide bonds. The number of carbonyl (C=O) groups excluding carboxylic acids is 4. The molecule has 3 aromatic carbocycles. The quantitative estimate of drug-likeness (QED) is 0.105. The molecular formula is C42H43ClF4N8O5S. The zero-order valence-corrected chi connectivity index (χ0v) is 34.7. The molecule has 322 valence electrons. The number of benzene rings is 3. The second-order valence-corrected chi connectivity index (χ2v) is 16.4. The Morgan fingerprint density at radius 3 is 2.49 bits per heavy atom. The summed E-state index contributed by atoms with van der Waals surface area (Å²) in [5, 5.41) is 17.9. The molecule has 3 aromatic rings. The number of aryl methyl sites for hydroxylation is 1. The third kappa shape index (κ3) is 9.30. The molecule has 3 aliphatic heterocycles. The first-order valence-corrected chi connectivity index (χ1v) is 20.7. The Kier molecular flexibility index (Phi) is 12.9. The normalized spacial score (nSPS) is 20.7. The van der Waals surface area contributed by atoms with Crippen LogP contribution in [-0.4, -0.2) is 102 Å². The summed E-state index contributed by atoms with van der Waals surface area (Å²) in [6, 6.07) is 14.1. The number of piperazine rings is 1. The molecule has 3 saturated heterocycles. The van der Waals surface area contributed by atoms with Crippen LogP contribution in [-0.2, 0) is 31.8 Å². The van der Waals surface area contributed by atoms with E-state index in [2.05, 4.69) is 25.8 Å². The Morgan fingerprint density at radius 1 is 1.07 bits per heavy atom. The van der Waals surface area contributed by atoms with Gasteiger partial charge < -0.3 is 20.3 Å². The highest BCUT2D eigenvalue weighted by Gasteiger charge is 2.59. The first-order valence-electron chi connectivity index (χ1n) is 19.9. The van der Waals surface area contributed by atoms with Gasteiger partial charge in [-0.1, -0.05) is 11.6 Å². The van der Waals surface area contributed by atoms with Crippen LogP contribution in [0.4, 0.5) is 40.3 Å². The molecule has 4 aliphatic rings. The van der Waals surface area contributed by atoms with E-state index in [-0.39, 0.29) is 54.6 Å². The minimum Gasteiger partial charge on any atom is -0.492 e. The van der Waals surface area contributed by atoms with Crippen LogP contribution in [0.5, 0.6) is 5.75 Å². The maximum atomic E-state index is 14.0. The maximum Gasteiger partial charge on any atom is 0.417 e. The van der Waals surface area contributed by atoms with Gasteiger partial charge >= 0.3 is 6.18 Å². The van der Waals surface area contributed by atoms with Crippen LogP contribution in [0.25, 0.3) is 0 Å². The molecule has 7 rings (SSSR count). The third-order valence-electron chi connectivity index (χ3n) is 11.6. The van der Waals surface area contributed by atoms with Gasteiger partial charge in [-0.15, -0.1) is 0 Å². The van der Waals surface area contributed by atoms with E-state index < -0.39 is 47.4 Å². The van der Waals surface area contributed by atoms with Crippen molar-refractivity contribution >= 4 is 75.3 Å². The van der Waals surface area contributed by atoms with Crippen LogP contribution in [0.1, 0.15) is 55.7 Å². The molecule has 0 aromatic heterocycles. The van der Waals surface area contributed by atoms with Gasteiger partial charge in [0.1, 0.15) is 23.9 Å². The van der Waals surface area contributed by atoms with Crippen molar-refractivity contribution in [1.82, 2.24) is 15.1 Å². The molecule has 0 bridgehead atoms. The number of nitrogens with zero attached hydrogens (tertiary/aromatic N) is 5. The Morgan fingerprint density at radius 2 is 1.82 bits per heavy atom. The van der Waals surface area contributed by atoms with Gasteiger partial charge in [0.05, 0.1) is 36.1 Å². The van der Waals surface area contributed by atoms with E-state index in [9.17, 15) is 42.0 Å². The molecule has 1 saturated carbocycles. The summed E-state index contributed by atoms with van der Waals surface area (Å²) in [6.07, 6.45) is -2.70. The molecule has 4 fully saturated rings. The number of amides is 4. The summed E-state index contributed by atoms with van der Waals surface area (Å²) in [4.78, 5) is 57.8. The van der Waals surface area contributed by atoms with Gasteiger partial charge in [0, 0.05) is 67.1 Å². The second kappa shape index (κ2) is 17.9. The number of ether oxygens (including phenoxy) is 1. The summed E-state index contributed by atoms with van der Waals surface area (Å²) in [5.74, 6) is -0.974. The van der Waals surface area contributed by atoms with E-state index in [1.165, 1.54) is 6.07 Å². The largest absolute Gasteiger partial charge is 0.492 e. The van der Waals surface area contributed by atoms with Gasteiger partial charge in [-0.3, -0.25) is 43.6 Å². The Bertz CT molecular complexity index is 2290. The third-order valence-corrected chi connectivity index (χ3v) is 12.2. The molecule has 0 radical (unpaired) electrons. The van der Waals surface area contributed by atoms with Crippen molar-refractivity contribution in [1.29, 1.82) is 5.26 Å². The molecule has 13 nitrogen and oxygen atoms in total. The maximum absolute atomic E-state index is 14.0. The monoisotopic (exact) mass is 882 g/mol. The lowest BCUT2D eigenvalue weighted by Crippen LogP contribution is -2.55. The number of nitriles is 1. The number of carbonyl (C=O) groups is 4. The molecular weight excluding hydrogens is 840 g/mol. The van der Waals surface area contributed by atoms with Crippen LogP contribution in [0, 0.1) is 11.3 Å². The van der Waals surface area contributed by atoms with Gasteiger partial charge in [-0.05, 0) is 105 Å². The molecule has 3 N–H and O–H groups in total. The molecule has 19 heteroatoms. The van der Waals surface area contributed by atoms with Gasteiger partial charge in [-0.2, -0.15) is 18.4 Å². The summed E-state index contributed by atoms with van der Waals surface area (Å²) in [5.41, 5.74) is -0.891. The van der Waals surface area contributed by atoms with E-state index in [0.717, 1.165) is 17.0 Å². The number of alkyl halides is 4. The van der Waals surface area contributed by atoms with Crippen molar-refractivity contribution in [2.24, 2.45) is 0 Å². The second-order valence-electron chi connectivity index (χ2n) is 15.6. The number of rotatable bonds is 13. The van der Waals surface area contributed by atoms with E-state index in [4.69, 9.17) is 28.6 Å². The van der Waals surface area contributed by atoms with Gasteiger partial charge in [0.25, 0.3) is 5.91 Å². The number of hydrogen-bond donors (Lipinski definition) is 3. The fourth-order valence-electron chi connectivity index (χ4n) is 8.31. The van der Waals surface area contributed by atoms with Crippen molar-refractivity contribution in [3.05, 3.63) is 76.3 Å². The first-order chi connectivity index (χ1) is 29.1. The van der Waals surface area contributed by atoms with E-state index >= 15 is 0 Å². The van der Waals surface area contributed by atoms with Crippen LogP contribution >= 0.6 is 23.8 Å². The Balaban J connectivity index is 0.944. The number of anilines is 4. The highest BCUT2D eigenvalue weighted by molar-refractivity contribution is 7.81. The molecule has 2 atom stereocenters. The van der Waals surface area contributed by atoms with Crippen molar-refractivity contribution in [3.8, 4) is 11.8 Å². The number of halogens is 5. The minimum atomic E-state index is -4.82. The van der Waals surface area contributed by atoms with Gasteiger partial charge in [0.2, 0.25) is 17.7 Å². The van der Waals surface area contributed by atoms with Crippen molar-refractivity contribution in [2.45, 2.75) is 69.2 Å². The SMILES string of the molecule is CC1CN(CCOc2ccc(N3C(=S)N(c4ccc(C#N)c(C(F)(F)F)c4)C(=O)C34CCC4)cc2CCF)CCN1CC(=O)Nc1cc(Cl)cc(NC2CCC(=O)NC2=O)c1. The lowest BCUT2D eigenvalue weighted by Gasteiger charge is -2.43. The Hall–Kier alpha value is -5.35. The number of nitrogens with one attached hydrogen (secondary N) is 3. The zero-order valence-electron chi connectivity index (χ0n) is 33.1. The average molecular weight is 883 g/mol. The van der Waals surface area contributed by atoms with E-state index in [0.29, 0.717) is 85.3 Å². The molecule has 61 heavy (non-hydrogen) atoms. The van der Waals surface area contributed by atoms with Crippen molar-refractivity contribution < 1.29 is 41.5 Å². The smallest absolute Gasteiger partial charge is 0.417 e. The van der Waals surface area contributed by atoms with Gasteiger partial charge in [0.15, 0.2) is 5.11 Å². The van der Waals surface area contributed by atoms with Gasteiger partial charge in [-0.25, -0.2) is 0 Å². The number of piperidine rings is 1. The van der Waals surface area contributed by atoms with Crippen molar-refractivity contribution in [3.63, 3.8) is 0 Å². The predicted molar refractivity (Wildman–Crippen MR) is 224 cm³/mol. The number of hydrogen-bond acceptors (Lipinski definition) is 10.